The van der Waals surface area contributed by atoms with Gasteiger partial charge in [0.25, 0.3) is 0 Å². The first-order valence-corrected chi connectivity index (χ1v) is 8.46. The largest absolute Gasteiger partial charge is 0.369 e. The second-order valence-electron chi connectivity index (χ2n) is 6.01. The third kappa shape index (κ3) is 3.55. The number of amides is 2. The zero-order valence-corrected chi connectivity index (χ0v) is 14.9. The second kappa shape index (κ2) is 6.90. The summed E-state index contributed by atoms with van der Waals surface area (Å²) in [5.74, 6) is -2.64. The van der Waals surface area contributed by atoms with Crippen molar-refractivity contribution in [1.29, 1.82) is 0 Å². The maximum absolute atomic E-state index is 12.5. The second-order valence-corrected chi connectivity index (χ2v) is 6.83. The number of primary amides is 1. The van der Waals surface area contributed by atoms with E-state index >= 15 is 0 Å². The van der Waals surface area contributed by atoms with E-state index in [0.717, 1.165) is 11.1 Å². The van der Waals surface area contributed by atoms with Crippen LogP contribution in [0.25, 0.3) is 5.70 Å². The van der Waals surface area contributed by atoms with E-state index in [9.17, 15) is 9.59 Å². The summed E-state index contributed by atoms with van der Waals surface area (Å²) >= 11 is 12.1. The van der Waals surface area contributed by atoms with Gasteiger partial charge in [-0.3, -0.25) is 9.59 Å². The van der Waals surface area contributed by atoms with Crippen molar-refractivity contribution in [3.05, 3.63) is 75.3 Å². The molecular formula is C19H16Cl2N2O2. The zero-order valence-electron chi connectivity index (χ0n) is 13.4. The molecule has 0 bridgehead atoms. The van der Waals surface area contributed by atoms with E-state index in [1.54, 1.807) is 18.2 Å². The van der Waals surface area contributed by atoms with Crippen LogP contribution >= 0.6 is 23.2 Å². The third-order valence-electron chi connectivity index (χ3n) is 4.24. The fourth-order valence-electron chi connectivity index (χ4n) is 2.91. The number of halogens is 2. The number of rotatable bonds is 3. The van der Waals surface area contributed by atoms with E-state index in [-0.39, 0.29) is 0 Å². The summed E-state index contributed by atoms with van der Waals surface area (Å²) in [6.07, 6.45) is 1.83. The Bertz CT molecular complexity index is 875. The highest BCUT2D eigenvalue weighted by molar-refractivity contribution is 6.42. The Morgan fingerprint density at radius 2 is 1.76 bits per heavy atom. The van der Waals surface area contributed by atoms with Gasteiger partial charge in [0.15, 0.2) is 0 Å². The first-order valence-electron chi connectivity index (χ1n) is 7.71. The van der Waals surface area contributed by atoms with Crippen molar-refractivity contribution in [3.8, 4) is 0 Å². The lowest BCUT2D eigenvalue weighted by molar-refractivity contribution is -0.133. The highest BCUT2D eigenvalue weighted by atomic mass is 35.5. The van der Waals surface area contributed by atoms with Gasteiger partial charge in [-0.25, -0.2) is 0 Å². The van der Waals surface area contributed by atoms with Crippen LogP contribution in [-0.4, -0.2) is 11.8 Å². The Kier molecular flexibility index (Phi) is 4.84. The molecule has 0 aromatic heterocycles. The lowest BCUT2D eigenvalue weighted by Gasteiger charge is -2.28. The van der Waals surface area contributed by atoms with Gasteiger partial charge in [-0.1, -0.05) is 65.2 Å². The molecular weight excluding hydrogens is 359 g/mol. The Hall–Kier alpha value is -2.30. The summed E-state index contributed by atoms with van der Waals surface area (Å²) in [6.45, 7) is 1.99. The smallest absolute Gasteiger partial charge is 0.237 e. The molecule has 0 fully saturated rings. The van der Waals surface area contributed by atoms with Crippen LogP contribution in [0.1, 0.15) is 22.6 Å². The van der Waals surface area contributed by atoms with Crippen LogP contribution in [0.4, 0.5) is 0 Å². The number of allylic oxidation sites excluding steroid dienone is 1. The molecule has 1 aliphatic rings. The van der Waals surface area contributed by atoms with Crippen LogP contribution in [0.2, 0.25) is 10.0 Å². The number of nitrogens with one attached hydrogen (secondary N) is 1. The summed E-state index contributed by atoms with van der Waals surface area (Å²) < 4.78 is 0. The van der Waals surface area contributed by atoms with Crippen LogP contribution in [0, 0.1) is 12.8 Å². The molecule has 3 N–H and O–H groups in total. The molecule has 2 amide bonds. The van der Waals surface area contributed by atoms with Crippen molar-refractivity contribution in [3.63, 3.8) is 0 Å². The summed E-state index contributed by atoms with van der Waals surface area (Å²) in [5, 5.41) is 3.54. The normalized spacial score (nSPS) is 20.0. The minimum Gasteiger partial charge on any atom is -0.369 e. The van der Waals surface area contributed by atoms with E-state index in [1.807, 2.05) is 37.3 Å². The van der Waals surface area contributed by atoms with Crippen molar-refractivity contribution in [2.75, 3.05) is 0 Å². The zero-order chi connectivity index (χ0) is 18.1. The fraction of sp³-hybridized carbons (Fsp3) is 0.158. The van der Waals surface area contributed by atoms with Gasteiger partial charge in [0, 0.05) is 11.6 Å². The van der Waals surface area contributed by atoms with Gasteiger partial charge in [0.2, 0.25) is 11.8 Å². The van der Waals surface area contributed by atoms with Crippen LogP contribution < -0.4 is 11.1 Å². The van der Waals surface area contributed by atoms with Crippen molar-refractivity contribution in [2.45, 2.75) is 12.8 Å². The summed E-state index contributed by atoms with van der Waals surface area (Å²) in [6, 6.07) is 12.8. The molecule has 2 atom stereocenters. The molecule has 0 aliphatic carbocycles. The number of carbonyl (C=O) groups excluding carboxylic acids is 2. The minimum atomic E-state index is -1.01. The van der Waals surface area contributed by atoms with Gasteiger partial charge in [0.05, 0.1) is 10.0 Å². The molecule has 3 rings (SSSR count). The third-order valence-corrected chi connectivity index (χ3v) is 4.98. The Morgan fingerprint density at radius 1 is 1.08 bits per heavy atom. The minimum absolute atomic E-state index is 0.360. The SMILES string of the molecule is Cc1ccc(C2=CC(c3ccc(Cl)c(Cl)c3)C(C(N)=O)C(=O)N2)cc1. The molecule has 128 valence electrons. The summed E-state index contributed by atoms with van der Waals surface area (Å²) in [4.78, 5) is 24.4. The van der Waals surface area contributed by atoms with Crippen LogP contribution in [0.5, 0.6) is 0 Å². The molecule has 2 unspecified atom stereocenters. The topological polar surface area (TPSA) is 72.2 Å². The first kappa shape index (κ1) is 17.5. The molecule has 0 saturated heterocycles. The van der Waals surface area contributed by atoms with Crippen LogP contribution in [0.3, 0.4) is 0 Å². The molecule has 0 saturated carbocycles. The molecule has 25 heavy (non-hydrogen) atoms. The molecule has 2 aromatic rings. The molecule has 6 heteroatoms. The lowest BCUT2D eigenvalue weighted by atomic mass is 9.81. The molecule has 4 nitrogen and oxygen atoms in total. The van der Waals surface area contributed by atoms with Gasteiger partial charge in [-0.2, -0.15) is 0 Å². The maximum Gasteiger partial charge on any atom is 0.237 e. The summed E-state index contributed by atoms with van der Waals surface area (Å²) in [7, 11) is 0. The molecule has 1 aliphatic heterocycles. The van der Waals surface area contributed by atoms with Gasteiger partial charge >= 0.3 is 0 Å². The van der Waals surface area contributed by atoms with Gasteiger partial charge in [-0.05, 0) is 30.2 Å². The first-order chi connectivity index (χ1) is 11.9. The van der Waals surface area contributed by atoms with E-state index in [4.69, 9.17) is 28.9 Å². The Balaban J connectivity index is 2.10. The number of nitrogens with two attached hydrogens (primary N) is 1. The molecule has 1 heterocycles. The average Bonchev–Trinajstić information content (AvgIpc) is 2.57. The highest BCUT2D eigenvalue weighted by Crippen LogP contribution is 2.36. The number of aryl methyl sites for hydroxylation is 1. The fourth-order valence-corrected chi connectivity index (χ4v) is 3.21. The van der Waals surface area contributed by atoms with E-state index in [1.165, 1.54) is 0 Å². The molecule has 0 spiro atoms. The lowest BCUT2D eigenvalue weighted by Crippen LogP contribution is -2.44. The van der Waals surface area contributed by atoms with E-state index < -0.39 is 23.7 Å². The Labute approximate surface area is 155 Å². The number of hydrogen-bond acceptors (Lipinski definition) is 2. The standard InChI is InChI=1S/C19H16Cl2N2O2/c1-10-2-4-11(5-3-10)16-9-13(17(18(22)24)19(25)23-16)12-6-7-14(20)15(21)8-12/h2-9,13,17H,1H3,(H2,22,24)(H,23,25). The van der Waals surface area contributed by atoms with Crippen molar-refractivity contribution >= 4 is 40.7 Å². The number of hydrogen-bond donors (Lipinski definition) is 2. The quantitative estimate of drug-likeness (QED) is 0.804. The van der Waals surface area contributed by atoms with Crippen molar-refractivity contribution < 1.29 is 9.59 Å². The average molecular weight is 375 g/mol. The Morgan fingerprint density at radius 3 is 2.36 bits per heavy atom. The monoisotopic (exact) mass is 374 g/mol. The highest BCUT2D eigenvalue weighted by Gasteiger charge is 2.37. The maximum atomic E-state index is 12.5. The van der Waals surface area contributed by atoms with Crippen molar-refractivity contribution in [1.82, 2.24) is 5.32 Å². The van der Waals surface area contributed by atoms with E-state index in [2.05, 4.69) is 5.32 Å². The van der Waals surface area contributed by atoms with E-state index in [0.29, 0.717) is 21.3 Å². The summed E-state index contributed by atoms with van der Waals surface area (Å²) in [5.41, 5.74) is 8.78. The van der Waals surface area contributed by atoms with Gasteiger partial charge in [0.1, 0.15) is 5.92 Å². The molecule has 0 radical (unpaired) electrons. The predicted molar refractivity (Wildman–Crippen MR) is 99.2 cm³/mol. The van der Waals surface area contributed by atoms with Gasteiger partial charge in [-0.15, -0.1) is 0 Å². The van der Waals surface area contributed by atoms with Crippen molar-refractivity contribution in [2.24, 2.45) is 11.7 Å². The van der Waals surface area contributed by atoms with Gasteiger partial charge < -0.3 is 11.1 Å². The predicted octanol–water partition coefficient (Wildman–Crippen LogP) is 3.66. The van der Waals surface area contributed by atoms with Crippen LogP contribution in [0.15, 0.2) is 48.5 Å². The number of benzene rings is 2. The van der Waals surface area contributed by atoms with Crippen LogP contribution in [-0.2, 0) is 9.59 Å². The molecule has 2 aromatic carbocycles. The number of carbonyl (C=O) groups is 2.